The molecule has 15 heavy (non-hydrogen) atoms. The molecule has 80 valence electrons. The summed E-state index contributed by atoms with van der Waals surface area (Å²) in [4.78, 5) is 0. The highest BCUT2D eigenvalue weighted by Gasteiger charge is 2.35. The van der Waals surface area contributed by atoms with E-state index in [9.17, 15) is 0 Å². The summed E-state index contributed by atoms with van der Waals surface area (Å²) in [5, 5.41) is 4.16. The first kappa shape index (κ1) is 10.1. The maximum Gasteiger partial charge on any atom is 0.0785 e. The van der Waals surface area contributed by atoms with Gasteiger partial charge in [-0.2, -0.15) is 0 Å². The molecule has 4 heteroatoms. The number of rotatable bonds is 0. The van der Waals surface area contributed by atoms with Crippen LogP contribution in [0.2, 0.25) is 5.02 Å². The second kappa shape index (κ2) is 3.74. The number of nitrogens with one attached hydrogen (secondary N) is 1. The van der Waals surface area contributed by atoms with Gasteiger partial charge in [-0.15, -0.1) is 0 Å². The predicted octanol–water partition coefficient (Wildman–Crippen LogP) is 2.69. The molecule has 0 saturated carbocycles. The first-order chi connectivity index (χ1) is 7.27. The number of hydrogen-bond donors (Lipinski definition) is 1. The molecule has 3 rings (SSSR count). The molecule has 0 radical (unpaired) electrons. The highest BCUT2D eigenvalue weighted by atomic mass is 79.9. The van der Waals surface area contributed by atoms with E-state index < -0.39 is 0 Å². The Morgan fingerprint density at radius 3 is 3.13 bits per heavy atom. The summed E-state index contributed by atoms with van der Waals surface area (Å²) in [5.41, 5.74) is 2.60. The van der Waals surface area contributed by atoms with Crippen molar-refractivity contribution in [1.29, 1.82) is 0 Å². The van der Waals surface area contributed by atoms with Crippen molar-refractivity contribution in [2.24, 2.45) is 0 Å². The third kappa shape index (κ3) is 1.53. The molecule has 2 atom stereocenters. The van der Waals surface area contributed by atoms with E-state index in [0.717, 1.165) is 22.6 Å². The third-order valence-corrected chi connectivity index (χ3v) is 4.60. The Bertz CT molecular complexity index is 410. The van der Waals surface area contributed by atoms with Crippen LogP contribution in [0.15, 0.2) is 16.6 Å². The quantitative estimate of drug-likeness (QED) is 0.792. The Morgan fingerprint density at radius 1 is 1.40 bits per heavy atom. The van der Waals surface area contributed by atoms with Crippen LogP contribution in [0.4, 0.5) is 0 Å². The van der Waals surface area contributed by atoms with Gasteiger partial charge < -0.3 is 10.1 Å². The van der Waals surface area contributed by atoms with Crippen LogP contribution >= 0.6 is 27.5 Å². The molecule has 0 aliphatic carbocycles. The lowest BCUT2D eigenvalue weighted by atomic mass is 9.90. The SMILES string of the molecule is Clc1ccc2c(c1Br)[C@H]1CNC[C@H]1OC2. The number of halogens is 2. The fourth-order valence-electron chi connectivity index (χ4n) is 2.45. The summed E-state index contributed by atoms with van der Waals surface area (Å²) in [5.74, 6) is 0.446. The van der Waals surface area contributed by atoms with E-state index in [1.165, 1.54) is 11.1 Å². The van der Waals surface area contributed by atoms with Crippen molar-refractivity contribution in [3.8, 4) is 0 Å². The monoisotopic (exact) mass is 287 g/mol. The van der Waals surface area contributed by atoms with E-state index in [2.05, 4.69) is 27.3 Å². The normalized spacial score (nSPS) is 28.7. The van der Waals surface area contributed by atoms with E-state index in [0.29, 0.717) is 18.6 Å². The molecule has 1 saturated heterocycles. The summed E-state index contributed by atoms with van der Waals surface area (Å²) in [6.45, 7) is 2.63. The number of fused-ring (bicyclic) bond motifs is 3. The fourth-order valence-corrected chi connectivity index (χ4v) is 3.29. The molecular formula is C11H11BrClNO. The summed E-state index contributed by atoms with van der Waals surface area (Å²) in [6, 6.07) is 3.99. The Kier molecular flexibility index (Phi) is 2.51. The molecule has 2 heterocycles. The van der Waals surface area contributed by atoms with Gasteiger partial charge in [0.2, 0.25) is 0 Å². The molecule has 2 nitrogen and oxygen atoms in total. The lowest BCUT2D eigenvalue weighted by Crippen LogP contribution is -2.27. The standard InChI is InChI=1S/C11H11BrClNO/c12-11-8(13)2-1-6-5-15-9-4-14-3-7(9)10(6)11/h1-2,7,9,14H,3-5H2/t7-,9+/m0/s1. The largest absolute Gasteiger partial charge is 0.372 e. The Labute approximate surface area is 102 Å². The zero-order chi connectivity index (χ0) is 10.4. The molecule has 1 N–H and O–H groups in total. The van der Waals surface area contributed by atoms with Gasteiger partial charge in [0, 0.05) is 23.5 Å². The average molecular weight is 289 g/mol. The molecule has 0 aromatic heterocycles. The van der Waals surface area contributed by atoms with Crippen LogP contribution in [0.25, 0.3) is 0 Å². The van der Waals surface area contributed by atoms with Crippen LogP contribution in [0.5, 0.6) is 0 Å². The van der Waals surface area contributed by atoms with Crippen LogP contribution in [0, 0.1) is 0 Å². The van der Waals surface area contributed by atoms with Crippen LogP contribution in [0.1, 0.15) is 17.0 Å². The fraction of sp³-hybridized carbons (Fsp3) is 0.455. The van der Waals surface area contributed by atoms with E-state index in [1.54, 1.807) is 0 Å². The van der Waals surface area contributed by atoms with Gasteiger partial charge in [-0.25, -0.2) is 0 Å². The molecule has 1 aromatic rings. The maximum absolute atomic E-state index is 6.13. The van der Waals surface area contributed by atoms with Crippen LogP contribution in [0.3, 0.4) is 0 Å². The van der Waals surface area contributed by atoms with Gasteiger partial charge in [0.05, 0.1) is 17.7 Å². The van der Waals surface area contributed by atoms with Crippen molar-refractivity contribution in [2.75, 3.05) is 13.1 Å². The molecule has 0 unspecified atom stereocenters. The zero-order valence-electron chi connectivity index (χ0n) is 8.09. The maximum atomic E-state index is 6.13. The Morgan fingerprint density at radius 2 is 2.27 bits per heavy atom. The second-order valence-corrected chi connectivity index (χ2v) is 5.25. The highest BCUT2D eigenvalue weighted by molar-refractivity contribution is 9.10. The van der Waals surface area contributed by atoms with E-state index in [1.807, 2.05) is 6.07 Å². The Balaban J connectivity index is 2.14. The lowest BCUT2D eigenvalue weighted by molar-refractivity contribution is 0.0297. The average Bonchev–Trinajstić information content (AvgIpc) is 2.70. The molecule has 0 bridgehead atoms. The molecule has 2 aliphatic rings. The summed E-state index contributed by atoms with van der Waals surface area (Å²) in [7, 11) is 0. The van der Waals surface area contributed by atoms with Crippen molar-refractivity contribution in [1.82, 2.24) is 5.32 Å². The van der Waals surface area contributed by atoms with Crippen molar-refractivity contribution >= 4 is 27.5 Å². The molecule has 2 aliphatic heterocycles. The summed E-state index contributed by atoms with van der Waals surface area (Å²) >= 11 is 9.72. The molecule has 0 spiro atoms. The molecule has 1 fully saturated rings. The van der Waals surface area contributed by atoms with Gasteiger partial charge >= 0.3 is 0 Å². The van der Waals surface area contributed by atoms with Crippen LogP contribution in [-0.2, 0) is 11.3 Å². The van der Waals surface area contributed by atoms with Crippen molar-refractivity contribution in [2.45, 2.75) is 18.6 Å². The van der Waals surface area contributed by atoms with Crippen molar-refractivity contribution in [3.05, 3.63) is 32.8 Å². The summed E-state index contributed by atoms with van der Waals surface area (Å²) in [6.07, 6.45) is 0.312. The number of hydrogen-bond acceptors (Lipinski definition) is 2. The minimum Gasteiger partial charge on any atom is -0.372 e. The molecule has 0 amide bonds. The van der Waals surface area contributed by atoms with Gasteiger partial charge in [0.25, 0.3) is 0 Å². The zero-order valence-corrected chi connectivity index (χ0v) is 10.4. The first-order valence-electron chi connectivity index (χ1n) is 5.06. The van der Waals surface area contributed by atoms with E-state index >= 15 is 0 Å². The smallest absolute Gasteiger partial charge is 0.0785 e. The number of benzene rings is 1. The van der Waals surface area contributed by atoms with Gasteiger partial charge in [0.15, 0.2) is 0 Å². The van der Waals surface area contributed by atoms with Crippen LogP contribution < -0.4 is 5.32 Å². The van der Waals surface area contributed by atoms with Gasteiger partial charge in [0.1, 0.15) is 0 Å². The summed E-state index contributed by atoms with van der Waals surface area (Å²) < 4.78 is 6.84. The minimum atomic E-state index is 0.312. The van der Waals surface area contributed by atoms with Crippen molar-refractivity contribution < 1.29 is 4.74 Å². The molecular weight excluding hydrogens is 277 g/mol. The van der Waals surface area contributed by atoms with Gasteiger partial charge in [-0.1, -0.05) is 17.7 Å². The first-order valence-corrected chi connectivity index (χ1v) is 6.23. The topological polar surface area (TPSA) is 21.3 Å². The van der Waals surface area contributed by atoms with Gasteiger partial charge in [-0.05, 0) is 33.1 Å². The van der Waals surface area contributed by atoms with Gasteiger partial charge in [-0.3, -0.25) is 0 Å². The second-order valence-electron chi connectivity index (χ2n) is 4.05. The minimum absolute atomic E-state index is 0.312. The highest BCUT2D eigenvalue weighted by Crippen LogP contribution is 2.40. The predicted molar refractivity (Wildman–Crippen MR) is 63.3 cm³/mol. The third-order valence-electron chi connectivity index (χ3n) is 3.21. The lowest BCUT2D eigenvalue weighted by Gasteiger charge is -2.29. The van der Waals surface area contributed by atoms with Crippen molar-refractivity contribution in [3.63, 3.8) is 0 Å². The van der Waals surface area contributed by atoms with Crippen LogP contribution in [-0.4, -0.2) is 19.2 Å². The Hall–Kier alpha value is -0.0900. The van der Waals surface area contributed by atoms with E-state index in [4.69, 9.17) is 16.3 Å². The number of ether oxygens (including phenoxy) is 1. The molecule has 1 aromatic carbocycles. The van der Waals surface area contributed by atoms with E-state index in [-0.39, 0.29) is 0 Å².